The van der Waals surface area contributed by atoms with Gasteiger partial charge in [-0.25, -0.2) is 0 Å². The Labute approximate surface area is 196 Å². The van der Waals surface area contributed by atoms with Gasteiger partial charge in [-0.2, -0.15) is 9.61 Å². The van der Waals surface area contributed by atoms with E-state index >= 15 is 0 Å². The van der Waals surface area contributed by atoms with Crippen molar-refractivity contribution in [2.45, 2.75) is 13.3 Å². The van der Waals surface area contributed by atoms with E-state index in [2.05, 4.69) is 20.6 Å². The molecule has 3 aromatic heterocycles. The average Bonchev–Trinajstić information content (AvgIpc) is 3.52. The zero-order chi connectivity index (χ0) is 22.2. The van der Waals surface area contributed by atoms with Crippen molar-refractivity contribution in [1.29, 1.82) is 0 Å². The third-order valence-corrected chi connectivity index (χ3v) is 6.57. The molecule has 5 rings (SSSR count). The van der Waals surface area contributed by atoms with E-state index in [0.29, 0.717) is 27.1 Å². The number of hydrogen-bond donors (Lipinski definition) is 1. The van der Waals surface area contributed by atoms with Crippen molar-refractivity contribution in [2.24, 2.45) is 0 Å². The molecule has 10 heteroatoms. The van der Waals surface area contributed by atoms with Gasteiger partial charge in [0.05, 0.1) is 10.0 Å². The number of nitrogens with zero attached hydrogens (tertiary/aromatic N) is 4. The van der Waals surface area contributed by atoms with E-state index in [9.17, 15) is 4.79 Å². The van der Waals surface area contributed by atoms with Gasteiger partial charge in [-0.3, -0.25) is 4.79 Å². The number of nitrogens with one attached hydrogen (secondary N) is 1. The molecule has 160 valence electrons. The van der Waals surface area contributed by atoms with Crippen LogP contribution in [0, 0.1) is 0 Å². The van der Waals surface area contributed by atoms with Crippen molar-refractivity contribution in [3.8, 4) is 21.9 Å². The van der Waals surface area contributed by atoms with Crippen LogP contribution in [0.15, 0.2) is 59.0 Å². The van der Waals surface area contributed by atoms with E-state index in [0.717, 1.165) is 27.8 Å². The van der Waals surface area contributed by atoms with E-state index in [1.165, 1.54) is 11.3 Å². The molecule has 0 saturated heterocycles. The van der Waals surface area contributed by atoms with Gasteiger partial charge in [0.1, 0.15) is 10.8 Å². The predicted octanol–water partition coefficient (Wildman–Crippen LogP) is 6.23. The highest BCUT2D eigenvalue weighted by Crippen LogP contribution is 2.34. The minimum absolute atomic E-state index is 0.167. The molecule has 0 aliphatic rings. The quantitative estimate of drug-likeness (QED) is 0.320. The van der Waals surface area contributed by atoms with E-state index in [1.807, 2.05) is 31.2 Å². The van der Waals surface area contributed by atoms with Crippen molar-refractivity contribution >= 4 is 51.1 Å². The molecule has 0 saturated carbocycles. The van der Waals surface area contributed by atoms with Crippen LogP contribution in [-0.2, 0) is 6.42 Å². The van der Waals surface area contributed by atoms with Crippen LogP contribution in [0.3, 0.4) is 0 Å². The molecule has 2 aromatic carbocycles. The number of anilines is 1. The number of fused-ring (bicyclic) bond motifs is 1. The first-order valence-electron chi connectivity index (χ1n) is 9.70. The molecule has 32 heavy (non-hydrogen) atoms. The molecular formula is C22H15Cl2N5O2S. The Kier molecular flexibility index (Phi) is 5.42. The lowest BCUT2D eigenvalue weighted by Gasteiger charge is -2.05. The molecule has 0 fully saturated rings. The largest absolute Gasteiger partial charge is 0.451 e. The van der Waals surface area contributed by atoms with Gasteiger partial charge in [-0.1, -0.05) is 47.5 Å². The number of carbonyl (C=O) groups is 1. The van der Waals surface area contributed by atoms with Crippen LogP contribution in [-0.4, -0.2) is 25.7 Å². The summed E-state index contributed by atoms with van der Waals surface area (Å²) in [5.74, 6) is 1.09. The fourth-order valence-electron chi connectivity index (χ4n) is 3.18. The summed E-state index contributed by atoms with van der Waals surface area (Å²) in [5, 5.41) is 17.3. The molecule has 1 amide bonds. The lowest BCUT2D eigenvalue weighted by molar-refractivity contribution is 0.0997. The number of halogens is 2. The first-order chi connectivity index (χ1) is 15.5. The maximum absolute atomic E-state index is 12.6. The molecule has 0 aliphatic carbocycles. The van der Waals surface area contributed by atoms with Gasteiger partial charge in [-0.15, -0.1) is 10.2 Å². The summed E-state index contributed by atoms with van der Waals surface area (Å²) >= 11 is 13.8. The zero-order valence-electron chi connectivity index (χ0n) is 16.7. The van der Waals surface area contributed by atoms with Gasteiger partial charge >= 0.3 is 0 Å². The van der Waals surface area contributed by atoms with Crippen molar-refractivity contribution < 1.29 is 9.21 Å². The number of benzene rings is 2. The number of carbonyl (C=O) groups excluding carboxylic acids is 1. The van der Waals surface area contributed by atoms with Crippen LogP contribution in [0.1, 0.15) is 23.3 Å². The lowest BCUT2D eigenvalue weighted by Crippen LogP contribution is -2.10. The van der Waals surface area contributed by atoms with Gasteiger partial charge in [0.2, 0.25) is 4.96 Å². The highest BCUT2D eigenvalue weighted by Gasteiger charge is 2.16. The third kappa shape index (κ3) is 3.77. The van der Waals surface area contributed by atoms with Crippen LogP contribution < -0.4 is 5.32 Å². The second-order valence-corrected chi connectivity index (χ2v) is 8.61. The summed E-state index contributed by atoms with van der Waals surface area (Å²) in [4.78, 5) is 13.4. The highest BCUT2D eigenvalue weighted by atomic mass is 35.5. The minimum Gasteiger partial charge on any atom is -0.451 e. The Hall–Kier alpha value is -3.20. The highest BCUT2D eigenvalue weighted by molar-refractivity contribution is 7.19. The van der Waals surface area contributed by atoms with Crippen molar-refractivity contribution in [2.75, 3.05) is 5.32 Å². The van der Waals surface area contributed by atoms with Crippen LogP contribution in [0.25, 0.3) is 26.9 Å². The molecule has 7 nitrogen and oxygen atoms in total. The molecule has 0 unspecified atom stereocenters. The Bertz CT molecular complexity index is 1440. The number of furan rings is 1. The van der Waals surface area contributed by atoms with Gasteiger partial charge < -0.3 is 9.73 Å². The molecule has 0 radical (unpaired) electrons. The summed E-state index contributed by atoms with van der Waals surface area (Å²) in [6.45, 7) is 2.01. The summed E-state index contributed by atoms with van der Waals surface area (Å²) in [6, 6.07) is 15.9. The van der Waals surface area contributed by atoms with E-state index in [1.54, 1.807) is 34.8 Å². The minimum atomic E-state index is -0.367. The maximum atomic E-state index is 12.6. The molecule has 0 spiro atoms. The second-order valence-electron chi connectivity index (χ2n) is 6.87. The first kappa shape index (κ1) is 20.7. The maximum Gasteiger partial charge on any atom is 0.291 e. The molecule has 0 atom stereocenters. The Morgan fingerprint density at radius 2 is 1.91 bits per heavy atom. The van der Waals surface area contributed by atoms with E-state index in [-0.39, 0.29) is 11.7 Å². The second kappa shape index (κ2) is 8.38. The first-order valence-corrected chi connectivity index (χ1v) is 11.3. The topological polar surface area (TPSA) is 85.3 Å². The lowest BCUT2D eigenvalue weighted by atomic mass is 10.2. The summed E-state index contributed by atoms with van der Waals surface area (Å²) in [5.41, 5.74) is 2.19. The molecule has 5 aromatic rings. The van der Waals surface area contributed by atoms with Crippen LogP contribution >= 0.6 is 34.5 Å². The monoisotopic (exact) mass is 483 g/mol. The summed E-state index contributed by atoms with van der Waals surface area (Å²) in [6.07, 6.45) is 0.757. The van der Waals surface area contributed by atoms with Crippen molar-refractivity contribution in [3.63, 3.8) is 0 Å². The van der Waals surface area contributed by atoms with Gasteiger partial charge in [0, 0.05) is 23.2 Å². The van der Waals surface area contributed by atoms with Gasteiger partial charge in [-0.05, 0) is 48.5 Å². The molecule has 1 N–H and O–H groups in total. The SMILES string of the molecule is CCc1nnc2sc(-c3ccc(NC(=O)c4ccc(-c5cccc(Cl)c5Cl)o4)cc3)nn12. The normalized spacial score (nSPS) is 11.2. The fraction of sp³-hybridized carbons (Fsp3) is 0.0909. The van der Waals surface area contributed by atoms with Crippen LogP contribution in [0.2, 0.25) is 10.0 Å². The number of hydrogen-bond acceptors (Lipinski definition) is 6. The molecule has 3 heterocycles. The van der Waals surface area contributed by atoms with E-state index < -0.39 is 0 Å². The average molecular weight is 484 g/mol. The number of aryl methyl sites for hydroxylation is 1. The number of aromatic nitrogens is 4. The van der Waals surface area contributed by atoms with Gasteiger partial charge in [0.25, 0.3) is 5.91 Å². The Morgan fingerprint density at radius 3 is 2.69 bits per heavy atom. The van der Waals surface area contributed by atoms with Crippen LogP contribution in [0.4, 0.5) is 5.69 Å². The summed E-state index contributed by atoms with van der Waals surface area (Å²) < 4.78 is 7.46. The fourth-order valence-corrected chi connectivity index (χ4v) is 4.44. The Balaban J connectivity index is 1.32. The third-order valence-electron chi connectivity index (χ3n) is 4.81. The Morgan fingerprint density at radius 1 is 1.09 bits per heavy atom. The molecule has 0 bridgehead atoms. The van der Waals surface area contributed by atoms with E-state index in [4.69, 9.17) is 27.6 Å². The molecule has 0 aliphatic heterocycles. The van der Waals surface area contributed by atoms with Gasteiger partial charge in [0.15, 0.2) is 11.6 Å². The summed E-state index contributed by atoms with van der Waals surface area (Å²) in [7, 11) is 0. The van der Waals surface area contributed by atoms with Crippen LogP contribution in [0.5, 0.6) is 0 Å². The zero-order valence-corrected chi connectivity index (χ0v) is 19.0. The number of rotatable bonds is 5. The standard InChI is InChI=1S/C22H15Cl2N5O2S/c1-2-18-26-27-22-29(18)28-21(32-22)12-6-8-13(9-7-12)25-20(30)17-11-10-16(31-17)14-4-3-5-15(23)19(14)24/h3-11H,2H2,1H3,(H,25,30). The van der Waals surface area contributed by atoms with Crippen molar-refractivity contribution in [3.05, 3.63) is 76.2 Å². The van der Waals surface area contributed by atoms with Crippen molar-refractivity contribution in [1.82, 2.24) is 19.8 Å². The predicted molar refractivity (Wildman–Crippen MR) is 126 cm³/mol. The molecular weight excluding hydrogens is 469 g/mol. The smallest absolute Gasteiger partial charge is 0.291 e. The number of amides is 1.